The Morgan fingerprint density at radius 1 is 0.500 bits per heavy atom. The van der Waals surface area contributed by atoms with Gasteiger partial charge in [0.2, 0.25) is 0 Å². The van der Waals surface area contributed by atoms with Crippen molar-refractivity contribution >= 4 is 25.2 Å². The second-order valence-corrected chi connectivity index (χ2v) is 14.7. The summed E-state index contributed by atoms with van der Waals surface area (Å²) >= 11 is 0. The molecule has 2 aliphatic heterocycles. The first-order valence-electron chi connectivity index (χ1n) is 14.7. The number of hydrogen-bond donors (Lipinski definition) is 0. The molecule has 0 unspecified atom stereocenters. The molecular formula is C32H42B2O4. The highest BCUT2D eigenvalue weighted by Gasteiger charge is 2.63. The Labute approximate surface area is 229 Å². The monoisotopic (exact) mass is 512 g/mol. The molecule has 2 aromatic rings. The van der Waals surface area contributed by atoms with Crippen LogP contribution in [-0.2, 0) is 29.4 Å². The van der Waals surface area contributed by atoms with Gasteiger partial charge in [0.15, 0.2) is 0 Å². The van der Waals surface area contributed by atoms with Gasteiger partial charge in [-0.1, -0.05) is 49.2 Å². The Balaban J connectivity index is 1.35. The lowest BCUT2D eigenvalue weighted by molar-refractivity contribution is 0.00578. The molecule has 0 bridgehead atoms. The molecule has 0 amide bonds. The van der Waals surface area contributed by atoms with Crippen LogP contribution in [0.4, 0.5) is 0 Å². The Bertz CT molecular complexity index is 1190. The van der Waals surface area contributed by atoms with Crippen molar-refractivity contribution in [1.82, 2.24) is 0 Å². The molecule has 0 spiro atoms. The van der Waals surface area contributed by atoms with Gasteiger partial charge in [-0.2, -0.15) is 0 Å². The van der Waals surface area contributed by atoms with E-state index in [9.17, 15) is 0 Å². The van der Waals surface area contributed by atoms with Gasteiger partial charge < -0.3 is 18.6 Å². The summed E-state index contributed by atoms with van der Waals surface area (Å²) in [4.78, 5) is 0. The summed E-state index contributed by atoms with van der Waals surface area (Å²) in [6, 6.07) is 14.1. The van der Waals surface area contributed by atoms with Crippen molar-refractivity contribution in [3.8, 4) is 11.1 Å². The third kappa shape index (κ3) is 3.09. The van der Waals surface area contributed by atoms with E-state index in [2.05, 4.69) is 91.8 Å². The van der Waals surface area contributed by atoms with Crippen molar-refractivity contribution < 1.29 is 18.6 Å². The molecule has 0 atom stereocenters. The highest BCUT2D eigenvalue weighted by atomic mass is 16.7. The van der Waals surface area contributed by atoms with Crippen LogP contribution in [0, 0.1) is 0 Å². The first kappa shape index (κ1) is 25.4. The molecule has 0 aromatic heterocycles. The molecule has 2 saturated heterocycles. The molecule has 2 heterocycles. The summed E-state index contributed by atoms with van der Waals surface area (Å²) in [6.45, 7) is 17.1. The van der Waals surface area contributed by atoms with Crippen LogP contribution in [0.5, 0.6) is 0 Å². The van der Waals surface area contributed by atoms with E-state index in [4.69, 9.17) is 18.6 Å². The molecule has 5 aliphatic rings. The van der Waals surface area contributed by atoms with Crippen molar-refractivity contribution in [2.75, 3.05) is 0 Å². The topological polar surface area (TPSA) is 36.9 Å². The van der Waals surface area contributed by atoms with Crippen molar-refractivity contribution in [2.24, 2.45) is 0 Å². The maximum atomic E-state index is 6.49. The first-order valence-corrected chi connectivity index (χ1v) is 14.7. The summed E-state index contributed by atoms with van der Waals surface area (Å²) in [5, 5.41) is 0. The molecule has 4 fully saturated rings. The van der Waals surface area contributed by atoms with Gasteiger partial charge in [-0.05, 0) is 114 Å². The van der Waals surface area contributed by atoms with Gasteiger partial charge in [0, 0.05) is 10.8 Å². The van der Waals surface area contributed by atoms with Gasteiger partial charge in [-0.15, -0.1) is 0 Å². The lowest BCUT2D eigenvalue weighted by Crippen LogP contribution is -2.46. The van der Waals surface area contributed by atoms with E-state index in [1.807, 2.05) is 0 Å². The number of rotatable bonds is 2. The quantitative estimate of drug-likeness (QED) is 0.477. The van der Waals surface area contributed by atoms with Crippen molar-refractivity contribution in [3.05, 3.63) is 47.5 Å². The summed E-state index contributed by atoms with van der Waals surface area (Å²) in [5.41, 5.74) is 7.14. The average molecular weight is 512 g/mol. The molecule has 200 valence electrons. The first-order chi connectivity index (χ1) is 17.7. The average Bonchev–Trinajstić information content (AvgIpc) is 3.51. The summed E-state index contributed by atoms with van der Waals surface area (Å²) in [7, 11) is -0.655. The third-order valence-corrected chi connectivity index (χ3v) is 11.8. The Hall–Kier alpha value is -1.59. The van der Waals surface area contributed by atoms with Gasteiger partial charge in [-0.3, -0.25) is 0 Å². The van der Waals surface area contributed by atoms with E-state index >= 15 is 0 Å². The van der Waals surface area contributed by atoms with Gasteiger partial charge in [0.25, 0.3) is 0 Å². The van der Waals surface area contributed by atoms with Crippen molar-refractivity contribution in [3.63, 3.8) is 0 Å². The van der Waals surface area contributed by atoms with Crippen molar-refractivity contribution in [2.45, 2.75) is 127 Å². The van der Waals surface area contributed by atoms with Gasteiger partial charge >= 0.3 is 14.2 Å². The number of hydrogen-bond acceptors (Lipinski definition) is 4. The van der Waals surface area contributed by atoms with Crippen LogP contribution >= 0.6 is 0 Å². The van der Waals surface area contributed by atoms with Crippen LogP contribution in [0.15, 0.2) is 36.4 Å². The summed E-state index contributed by atoms with van der Waals surface area (Å²) in [6.07, 6.45) is 7.58. The minimum Gasteiger partial charge on any atom is -0.399 e. The normalized spacial score (nSPS) is 33.2. The van der Waals surface area contributed by atoms with Crippen LogP contribution in [-0.4, -0.2) is 36.6 Å². The van der Waals surface area contributed by atoms with E-state index in [0.29, 0.717) is 0 Å². The van der Waals surface area contributed by atoms with E-state index in [1.54, 1.807) is 0 Å². The Morgan fingerprint density at radius 2 is 0.816 bits per heavy atom. The molecule has 7 rings (SSSR count). The molecule has 6 heteroatoms. The fraction of sp³-hybridized carbons (Fsp3) is 0.625. The van der Waals surface area contributed by atoms with Gasteiger partial charge in [0.05, 0.1) is 22.4 Å². The van der Waals surface area contributed by atoms with Gasteiger partial charge in [0.1, 0.15) is 0 Å². The fourth-order valence-corrected chi connectivity index (χ4v) is 8.28. The van der Waals surface area contributed by atoms with Crippen LogP contribution < -0.4 is 10.9 Å². The zero-order chi connectivity index (χ0) is 26.9. The molecule has 38 heavy (non-hydrogen) atoms. The van der Waals surface area contributed by atoms with E-state index in [0.717, 1.165) is 10.9 Å². The molecule has 0 radical (unpaired) electrons. The highest BCUT2D eigenvalue weighted by molar-refractivity contribution is 6.62. The van der Waals surface area contributed by atoms with Crippen LogP contribution in [0.1, 0.15) is 105 Å². The zero-order valence-corrected chi connectivity index (χ0v) is 24.5. The zero-order valence-electron chi connectivity index (χ0n) is 24.5. The lowest BCUT2D eigenvalue weighted by atomic mass is 9.54. The van der Waals surface area contributed by atoms with Crippen LogP contribution in [0.2, 0.25) is 0 Å². The number of fused-ring (bicyclic) bond motifs is 3. The minimum atomic E-state index is -0.340. The molecule has 2 saturated carbocycles. The van der Waals surface area contributed by atoms with Crippen LogP contribution in [0.25, 0.3) is 11.1 Å². The van der Waals surface area contributed by atoms with Crippen LogP contribution in [0.3, 0.4) is 0 Å². The second kappa shape index (κ2) is 7.57. The number of benzene rings is 2. The highest BCUT2D eigenvalue weighted by Crippen LogP contribution is 2.69. The minimum absolute atomic E-state index is 0.184. The molecular weight excluding hydrogens is 470 g/mol. The standard InChI is InChI=1S/C32H42B2O4/c1-27(2)28(3,4)36-33(35-27)21-11-13-23-24-14-12-22(34-37-29(5,6)30(7,8)38-34)20-26(24)32-17-9-15-31(32,16-10-18-32)25(23)19-21/h11-14,19-20H,9-10,15-18H2,1-8H3. The second-order valence-electron chi connectivity index (χ2n) is 14.7. The fourth-order valence-electron chi connectivity index (χ4n) is 8.28. The largest absolute Gasteiger partial charge is 0.494 e. The van der Waals surface area contributed by atoms with Crippen molar-refractivity contribution in [1.29, 1.82) is 0 Å². The lowest BCUT2D eigenvalue weighted by Gasteiger charge is -2.48. The van der Waals surface area contributed by atoms with Gasteiger partial charge in [-0.25, -0.2) is 0 Å². The van der Waals surface area contributed by atoms with E-state index in [1.165, 1.54) is 60.8 Å². The summed E-state index contributed by atoms with van der Waals surface area (Å²) in [5.74, 6) is 0. The Kier molecular flexibility index (Phi) is 5.06. The maximum absolute atomic E-state index is 6.49. The Morgan fingerprint density at radius 3 is 1.13 bits per heavy atom. The third-order valence-electron chi connectivity index (χ3n) is 11.8. The molecule has 4 nitrogen and oxygen atoms in total. The summed E-state index contributed by atoms with van der Waals surface area (Å²) < 4.78 is 25.9. The van der Waals surface area contributed by atoms with E-state index < -0.39 is 0 Å². The predicted octanol–water partition coefficient (Wildman–Crippen LogP) is 5.81. The molecule has 3 aliphatic carbocycles. The smallest absolute Gasteiger partial charge is 0.399 e. The maximum Gasteiger partial charge on any atom is 0.494 e. The predicted molar refractivity (Wildman–Crippen MR) is 154 cm³/mol. The SMILES string of the molecule is CC1(C)OB(c2ccc3c(c2)C24CCCC2(CCC4)c2cc(B4OC(C)(C)C(C)(C)O4)ccc2-3)OC1(C)C. The van der Waals surface area contributed by atoms with E-state index in [-0.39, 0.29) is 47.5 Å². The molecule has 0 N–H and O–H groups in total. The molecule has 2 aromatic carbocycles.